The molecule has 2 saturated carbocycles. The van der Waals surface area contributed by atoms with E-state index >= 15 is 0 Å². The number of hydrogen-bond acceptors (Lipinski definition) is 10. The first kappa shape index (κ1) is 32.1. The quantitative estimate of drug-likeness (QED) is 0.162. The van der Waals surface area contributed by atoms with Gasteiger partial charge in [-0.15, -0.1) is 0 Å². The van der Waals surface area contributed by atoms with Gasteiger partial charge in [-0.1, -0.05) is 45.5 Å². The predicted octanol–water partition coefficient (Wildman–Crippen LogP) is 3.58. The smallest absolute Gasteiger partial charge is 0.413 e. The van der Waals surface area contributed by atoms with Gasteiger partial charge in [0.1, 0.15) is 17.9 Å². The first-order chi connectivity index (χ1) is 19.8. The maximum absolute atomic E-state index is 14.2. The summed E-state index contributed by atoms with van der Waals surface area (Å²) in [5, 5.41) is 44.2. The summed E-state index contributed by atoms with van der Waals surface area (Å²) in [4.78, 5) is 23.2. The molecule has 2 aliphatic carbocycles. The molecule has 42 heavy (non-hydrogen) atoms. The largest absolute Gasteiger partial charge is 0.465 e. The molecule has 0 bridgehead atoms. The minimum absolute atomic E-state index is 0.0135. The Morgan fingerprint density at radius 2 is 1.95 bits per heavy atom. The van der Waals surface area contributed by atoms with E-state index in [0.717, 1.165) is 23.5 Å². The predicted molar refractivity (Wildman–Crippen MR) is 155 cm³/mol. The molecule has 1 amide bonds. The van der Waals surface area contributed by atoms with Gasteiger partial charge in [0.15, 0.2) is 28.4 Å². The molecule has 232 valence electrons. The number of ether oxygens (including phenoxy) is 1. The zero-order valence-corrected chi connectivity index (χ0v) is 24.9. The first-order valence-electron chi connectivity index (χ1n) is 13.9. The average Bonchev–Trinajstić information content (AvgIpc) is 3.62. The van der Waals surface area contributed by atoms with Crippen molar-refractivity contribution in [3.05, 3.63) is 35.4 Å². The molecule has 2 fully saturated rings. The van der Waals surface area contributed by atoms with Crippen molar-refractivity contribution in [2.75, 3.05) is 34.9 Å². The molecule has 2 aliphatic rings. The van der Waals surface area contributed by atoms with Crippen molar-refractivity contribution in [3.8, 4) is 0 Å². The summed E-state index contributed by atoms with van der Waals surface area (Å²) in [6.45, 7) is 7.32. The fraction of sp³-hybridized carbons (Fsp3) is 0.607. The van der Waals surface area contributed by atoms with Crippen LogP contribution in [0.15, 0.2) is 23.4 Å². The lowest BCUT2D eigenvalue weighted by molar-refractivity contribution is -0.0612. The summed E-state index contributed by atoms with van der Waals surface area (Å²) in [5.41, 5.74) is 5.14. The number of amides is 1. The zero-order valence-electron chi connectivity index (χ0n) is 24.0. The number of hydrogen-bond donors (Lipinski definition) is 6. The molecule has 0 saturated heterocycles. The number of nitrogens with one attached hydrogen (secondary N) is 1. The molecule has 1 aromatic heterocycles. The van der Waals surface area contributed by atoms with Crippen molar-refractivity contribution in [3.63, 3.8) is 0 Å². The van der Waals surface area contributed by atoms with Crippen molar-refractivity contribution in [1.29, 1.82) is 0 Å². The van der Waals surface area contributed by atoms with E-state index in [2.05, 4.69) is 15.3 Å². The van der Waals surface area contributed by atoms with Crippen molar-refractivity contribution >= 4 is 35.2 Å². The van der Waals surface area contributed by atoms with Gasteiger partial charge in [0.2, 0.25) is 0 Å². The summed E-state index contributed by atoms with van der Waals surface area (Å²) in [6.07, 6.45) is -3.28. The van der Waals surface area contributed by atoms with Crippen LogP contribution in [-0.4, -0.2) is 85.3 Å². The monoisotopic (exact) mass is 611 g/mol. The van der Waals surface area contributed by atoms with Crippen molar-refractivity contribution in [2.24, 2.45) is 5.41 Å². The zero-order chi connectivity index (χ0) is 31.0. The normalized spacial score (nSPS) is 27.2. The number of nitrogens with zero attached hydrogens (tertiary/aromatic N) is 3. The molecule has 0 radical (unpaired) electrons. The van der Waals surface area contributed by atoms with Crippen LogP contribution in [0, 0.1) is 17.0 Å². The average molecular weight is 612 g/mol. The number of aliphatic hydroxyl groups is 3. The number of anilines is 3. The maximum atomic E-state index is 14.2. The summed E-state index contributed by atoms with van der Waals surface area (Å²) in [7, 11) is 0. The molecule has 0 unspecified atom stereocenters. The number of nitrogens with two attached hydrogens (primary N) is 1. The number of benzene rings is 1. The van der Waals surface area contributed by atoms with Crippen LogP contribution in [0.4, 0.5) is 30.9 Å². The molecule has 7 N–H and O–H groups in total. The van der Waals surface area contributed by atoms with E-state index in [-0.39, 0.29) is 42.1 Å². The third-order valence-corrected chi connectivity index (χ3v) is 9.15. The number of nitrogen functional groups attached to an aromatic ring is 1. The Balaban J connectivity index is 1.78. The maximum Gasteiger partial charge on any atom is 0.413 e. The van der Waals surface area contributed by atoms with Crippen molar-refractivity contribution in [2.45, 2.75) is 87.9 Å². The van der Waals surface area contributed by atoms with Crippen LogP contribution >= 0.6 is 11.8 Å². The number of halogens is 2. The van der Waals surface area contributed by atoms with Gasteiger partial charge in [-0.05, 0) is 42.4 Å². The minimum atomic E-state index is -1.33. The molecule has 0 spiro atoms. The van der Waals surface area contributed by atoms with Gasteiger partial charge in [-0.3, -0.25) is 4.90 Å². The second kappa shape index (κ2) is 12.4. The van der Waals surface area contributed by atoms with Gasteiger partial charge in [0.25, 0.3) is 0 Å². The van der Waals surface area contributed by atoms with Crippen LogP contribution in [0.25, 0.3) is 0 Å². The molecule has 14 heteroatoms. The highest BCUT2D eigenvalue weighted by atomic mass is 32.2. The lowest BCUT2D eigenvalue weighted by Crippen LogP contribution is -2.51. The van der Waals surface area contributed by atoms with E-state index < -0.39 is 59.0 Å². The van der Waals surface area contributed by atoms with Crippen LogP contribution in [0.5, 0.6) is 0 Å². The van der Waals surface area contributed by atoms with E-state index in [9.17, 15) is 28.9 Å². The Labute approximate surface area is 247 Å². The van der Waals surface area contributed by atoms with Gasteiger partial charge in [0, 0.05) is 11.7 Å². The van der Waals surface area contributed by atoms with E-state index in [4.69, 9.17) is 15.6 Å². The first-order valence-corrected chi connectivity index (χ1v) is 14.9. The summed E-state index contributed by atoms with van der Waals surface area (Å²) in [6, 6.07) is 2.83. The fourth-order valence-electron chi connectivity index (χ4n) is 5.89. The van der Waals surface area contributed by atoms with Crippen molar-refractivity contribution in [1.82, 2.24) is 9.97 Å². The van der Waals surface area contributed by atoms with Gasteiger partial charge in [-0.2, -0.15) is 0 Å². The topological polar surface area (TPSA) is 174 Å². The highest BCUT2D eigenvalue weighted by Gasteiger charge is 2.67. The Kier molecular flexibility index (Phi) is 9.53. The number of aromatic nitrogens is 2. The SMILES string of the molecule is CCCSc1nc(N[C@@H]2C[C@H](OCCO)[C@@H](O)[C@H]2O)c(N)c(N(C(=O)O)[C@]2(C(C)(C)C)C[C@H]2c2ccc(F)c(F)c2)n1. The molecule has 4 rings (SSSR count). The molecule has 1 aromatic carbocycles. The molecule has 6 atom stereocenters. The summed E-state index contributed by atoms with van der Waals surface area (Å²) in [5.74, 6) is -1.84. The molecular formula is C28H39F2N5O6S. The molecular weight excluding hydrogens is 572 g/mol. The van der Waals surface area contributed by atoms with Crippen LogP contribution in [-0.2, 0) is 4.74 Å². The summed E-state index contributed by atoms with van der Waals surface area (Å²) < 4.78 is 33.4. The lowest BCUT2D eigenvalue weighted by atomic mass is 9.80. The molecule has 0 aliphatic heterocycles. The Morgan fingerprint density at radius 3 is 2.55 bits per heavy atom. The number of carboxylic acid groups (broad SMARTS) is 1. The Morgan fingerprint density at radius 1 is 1.24 bits per heavy atom. The Bertz CT molecular complexity index is 1300. The molecule has 11 nitrogen and oxygen atoms in total. The molecule has 2 aromatic rings. The molecule has 1 heterocycles. The highest BCUT2D eigenvalue weighted by Crippen LogP contribution is 2.65. The second-order valence-electron chi connectivity index (χ2n) is 11.8. The third-order valence-electron chi connectivity index (χ3n) is 8.09. The van der Waals surface area contributed by atoms with Crippen LogP contribution in [0.1, 0.15) is 58.4 Å². The third kappa shape index (κ3) is 6.00. The van der Waals surface area contributed by atoms with Gasteiger partial charge < -0.3 is 36.2 Å². The van der Waals surface area contributed by atoms with E-state index in [1.165, 1.54) is 17.8 Å². The van der Waals surface area contributed by atoms with E-state index in [0.29, 0.717) is 17.7 Å². The van der Waals surface area contributed by atoms with Crippen LogP contribution in [0.3, 0.4) is 0 Å². The standard InChI is InChI=1S/C28H39F2N5O6S/c1-5-10-42-25-33-23(32-18-12-19(41-9-8-36)22(38)21(18)37)20(31)24(34-25)35(26(39)40)28(27(2,3)4)13-15(28)14-6-7-16(29)17(30)11-14/h6-7,11,15,18-19,21-22,36-38H,5,8-10,12-13,31H2,1-4H3,(H,39,40)(H,32,33,34)/t15-,18+,19-,21-,22+,28+/m0/s1. The number of thioether (sulfide) groups is 1. The Hall–Kier alpha value is -2.78. The summed E-state index contributed by atoms with van der Waals surface area (Å²) >= 11 is 1.30. The van der Waals surface area contributed by atoms with Gasteiger partial charge in [-0.25, -0.2) is 23.5 Å². The second-order valence-corrected chi connectivity index (χ2v) is 12.8. The van der Waals surface area contributed by atoms with Crippen LogP contribution < -0.4 is 16.0 Å². The number of carbonyl (C=O) groups is 1. The van der Waals surface area contributed by atoms with E-state index in [1.54, 1.807) is 0 Å². The van der Waals surface area contributed by atoms with Gasteiger partial charge in [0.05, 0.1) is 30.9 Å². The fourth-order valence-corrected chi connectivity index (χ4v) is 6.58. The van der Waals surface area contributed by atoms with E-state index in [1.807, 2.05) is 27.7 Å². The minimum Gasteiger partial charge on any atom is -0.465 e. The number of aliphatic hydroxyl groups excluding tert-OH is 3. The van der Waals surface area contributed by atoms with Crippen molar-refractivity contribution < 1.29 is 38.7 Å². The van der Waals surface area contributed by atoms with Crippen LogP contribution in [0.2, 0.25) is 0 Å². The lowest BCUT2D eigenvalue weighted by Gasteiger charge is -2.40. The van der Waals surface area contributed by atoms with Gasteiger partial charge >= 0.3 is 6.09 Å². The number of rotatable bonds is 11. The highest BCUT2D eigenvalue weighted by molar-refractivity contribution is 7.99.